The van der Waals surface area contributed by atoms with Crippen molar-refractivity contribution in [1.82, 2.24) is 0 Å². The number of halogens is 2. The fourth-order valence-corrected chi connectivity index (χ4v) is 3.55. The molecule has 0 bridgehead atoms. The fourth-order valence-electron chi connectivity index (χ4n) is 3.55. The molecule has 1 unspecified atom stereocenters. The van der Waals surface area contributed by atoms with Gasteiger partial charge in [-0.05, 0) is 48.6 Å². The van der Waals surface area contributed by atoms with Crippen LogP contribution in [0.25, 0.3) is 0 Å². The monoisotopic (exact) mass is 430 g/mol. The van der Waals surface area contributed by atoms with Gasteiger partial charge in [-0.1, -0.05) is 32.9 Å². The van der Waals surface area contributed by atoms with Crippen LogP contribution in [0.3, 0.4) is 0 Å². The third kappa shape index (κ3) is 5.40. The average Bonchev–Trinajstić information content (AvgIpc) is 2.76. The molecule has 0 fully saturated rings. The van der Waals surface area contributed by atoms with E-state index in [1.165, 1.54) is 17.0 Å². The molecule has 2 aromatic rings. The topological polar surface area (TPSA) is 58.6 Å². The van der Waals surface area contributed by atoms with Crippen molar-refractivity contribution in [2.24, 2.45) is 5.41 Å². The van der Waals surface area contributed by atoms with Crippen molar-refractivity contribution < 1.29 is 23.1 Å². The molecule has 2 aromatic carbocycles. The fraction of sp³-hybridized carbons (Fsp3) is 0.417. The molecular formula is C24H28F2N2O3. The molecule has 0 saturated carbocycles. The number of nitrogens with zero attached hydrogens (tertiary/aromatic N) is 1. The maximum Gasteiger partial charge on any atom is 0.231 e. The lowest BCUT2D eigenvalue weighted by atomic mass is 9.92. The summed E-state index contributed by atoms with van der Waals surface area (Å²) in [5, 5.41) is 2.66. The van der Waals surface area contributed by atoms with Crippen LogP contribution in [0.5, 0.6) is 5.75 Å². The van der Waals surface area contributed by atoms with Gasteiger partial charge >= 0.3 is 0 Å². The minimum Gasteiger partial charge on any atom is -0.485 e. The molecule has 0 radical (unpaired) electrons. The Morgan fingerprint density at radius 1 is 1.23 bits per heavy atom. The Hall–Kier alpha value is -2.96. The Bertz CT molecular complexity index is 997. The van der Waals surface area contributed by atoms with Crippen LogP contribution in [-0.4, -0.2) is 17.9 Å². The number of ether oxygens (including phenoxy) is 1. The highest BCUT2D eigenvalue weighted by molar-refractivity contribution is 5.98. The molecule has 5 nitrogen and oxygen atoms in total. The Balaban J connectivity index is 2.01. The van der Waals surface area contributed by atoms with E-state index in [1.54, 1.807) is 32.0 Å². The predicted octanol–water partition coefficient (Wildman–Crippen LogP) is 5.35. The zero-order chi connectivity index (χ0) is 22.9. The molecular weight excluding hydrogens is 402 g/mol. The summed E-state index contributed by atoms with van der Waals surface area (Å²) in [6.45, 7) is 9.30. The Morgan fingerprint density at radius 3 is 2.48 bits per heavy atom. The Kier molecular flexibility index (Phi) is 6.34. The Morgan fingerprint density at radius 2 is 1.87 bits per heavy atom. The zero-order valence-electron chi connectivity index (χ0n) is 18.5. The van der Waals surface area contributed by atoms with Gasteiger partial charge < -0.3 is 15.0 Å². The van der Waals surface area contributed by atoms with Gasteiger partial charge in [0, 0.05) is 6.42 Å². The van der Waals surface area contributed by atoms with Crippen molar-refractivity contribution in [2.45, 2.75) is 60.1 Å². The molecule has 166 valence electrons. The van der Waals surface area contributed by atoms with E-state index in [2.05, 4.69) is 5.32 Å². The van der Waals surface area contributed by atoms with Crippen molar-refractivity contribution in [1.29, 1.82) is 0 Å². The number of fused-ring (bicyclic) bond motifs is 1. The smallest absolute Gasteiger partial charge is 0.231 e. The number of aryl methyl sites for hydroxylation is 1. The highest BCUT2D eigenvalue weighted by Crippen LogP contribution is 2.41. The van der Waals surface area contributed by atoms with Crippen LogP contribution in [0.1, 0.15) is 51.7 Å². The van der Waals surface area contributed by atoms with E-state index in [-0.39, 0.29) is 53.9 Å². The summed E-state index contributed by atoms with van der Waals surface area (Å²) in [5.74, 6) is -1.67. The first-order valence-corrected chi connectivity index (χ1v) is 10.3. The molecule has 1 aliphatic rings. The number of carbonyl (C=O) groups excluding carboxylic acids is 2. The molecule has 2 amide bonds. The van der Waals surface area contributed by atoms with Crippen LogP contribution in [0.4, 0.5) is 20.2 Å². The summed E-state index contributed by atoms with van der Waals surface area (Å²) in [4.78, 5) is 26.7. The minimum absolute atomic E-state index is 0.0521. The van der Waals surface area contributed by atoms with Gasteiger partial charge in [0.15, 0.2) is 11.6 Å². The number of hydrogen-bond donors (Lipinski definition) is 1. The van der Waals surface area contributed by atoms with Gasteiger partial charge in [0.1, 0.15) is 11.9 Å². The first kappa shape index (κ1) is 22.7. The number of anilines is 2. The molecule has 1 aliphatic heterocycles. The molecule has 0 spiro atoms. The van der Waals surface area contributed by atoms with Crippen LogP contribution in [0, 0.1) is 24.0 Å². The van der Waals surface area contributed by atoms with Gasteiger partial charge in [-0.25, -0.2) is 8.78 Å². The van der Waals surface area contributed by atoms with E-state index < -0.39 is 11.9 Å². The molecule has 7 heteroatoms. The van der Waals surface area contributed by atoms with Crippen molar-refractivity contribution >= 4 is 23.2 Å². The second-order valence-electron chi connectivity index (χ2n) is 9.26. The first-order chi connectivity index (χ1) is 14.4. The SMILES string of the molecule is Cc1cc2c(c(F)c1NC(=O)CC(C)(C)C)OC(C)CC(=O)N2Cc1ccc(F)cc1. The van der Waals surface area contributed by atoms with Crippen LogP contribution >= 0.6 is 0 Å². The maximum absolute atomic E-state index is 15.5. The van der Waals surface area contributed by atoms with E-state index in [0.717, 1.165) is 0 Å². The van der Waals surface area contributed by atoms with Gasteiger partial charge in [0.2, 0.25) is 11.8 Å². The molecule has 1 atom stereocenters. The van der Waals surface area contributed by atoms with Crippen LogP contribution in [0.2, 0.25) is 0 Å². The van der Waals surface area contributed by atoms with Crippen LogP contribution in [-0.2, 0) is 16.1 Å². The summed E-state index contributed by atoms with van der Waals surface area (Å²) in [6.07, 6.45) is -0.241. The zero-order valence-corrected chi connectivity index (χ0v) is 18.5. The van der Waals surface area contributed by atoms with Crippen molar-refractivity contribution in [3.8, 4) is 5.75 Å². The van der Waals surface area contributed by atoms with E-state index in [1.807, 2.05) is 20.8 Å². The highest BCUT2D eigenvalue weighted by atomic mass is 19.1. The van der Waals surface area contributed by atoms with Crippen LogP contribution < -0.4 is 15.0 Å². The highest BCUT2D eigenvalue weighted by Gasteiger charge is 2.32. The van der Waals surface area contributed by atoms with Gasteiger partial charge in [0.25, 0.3) is 0 Å². The number of nitrogens with one attached hydrogen (secondary N) is 1. The summed E-state index contributed by atoms with van der Waals surface area (Å²) >= 11 is 0. The predicted molar refractivity (Wildman–Crippen MR) is 116 cm³/mol. The van der Waals surface area contributed by atoms with Gasteiger partial charge in [-0.15, -0.1) is 0 Å². The molecule has 1 N–H and O–H groups in total. The quantitative estimate of drug-likeness (QED) is 0.711. The van der Waals surface area contributed by atoms with E-state index in [4.69, 9.17) is 4.74 Å². The van der Waals surface area contributed by atoms with E-state index >= 15 is 4.39 Å². The van der Waals surface area contributed by atoms with Crippen molar-refractivity contribution in [3.05, 3.63) is 53.1 Å². The second-order valence-corrected chi connectivity index (χ2v) is 9.26. The summed E-state index contributed by atoms with van der Waals surface area (Å²) in [7, 11) is 0. The second kappa shape index (κ2) is 8.65. The number of rotatable bonds is 4. The normalized spacial score (nSPS) is 16.4. The molecule has 1 heterocycles. The minimum atomic E-state index is -0.706. The third-order valence-electron chi connectivity index (χ3n) is 4.98. The lowest BCUT2D eigenvalue weighted by Crippen LogP contribution is -2.31. The van der Waals surface area contributed by atoms with Gasteiger partial charge in [-0.3, -0.25) is 9.59 Å². The molecule has 0 aliphatic carbocycles. The average molecular weight is 430 g/mol. The van der Waals surface area contributed by atoms with Gasteiger partial charge in [0.05, 0.1) is 24.3 Å². The van der Waals surface area contributed by atoms with Crippen molar-refractivity contribution in [3.63, 3.8) is 0 Å². The van der Waals surface area contributed by atoms with Gasteiger partial charge in [-0.2, -0.15) is 0 Å². The number of carbonyl (C=O) groups is 2. The maximum atomic E-state index is 15.5. The standard InChI is InChI=1S/C24H28F2N2O3/c1-14-10-18-23(21(26)22(14)27-19(29)12-24(3,4)5)31-15(2)11-20(30)28(18)13-16-6-8-17(25)9-7-16/h6-10,15H,11-13H2,1-5H3,(H,27,29). The third-order valence-corrected chi connectivity index (χ3v) is 4.98. The molecule has 0 aromatic heterocycles. The summed E-state index contributed by atoms with van der Waals surface area (Å²) in [6, 6.07) is 7.45. The largest absolute Gasteiger partial charge is 0.485 e. The van der Waals surface area contributed by atoms with E-state index in [0.29, 0.717) is 16.8 Å². The summed E-state index contributed by atoms with van der Waals surface area (Å²) in [5.41, 5.74) is 1.28. The van der Waals surface area contributed by atoms with Crippen LogP contribution in [0.15, 0.2) is 30.3 Å². The number of hydrogen-bond acceptors (Lipinski definition) is 3. The lowest BCUT2D eigenvalue weighted by molar-refractivity contribution is -0.120. The molecule has 0 saturated heterocycles. The lowest BCUT2D eigenvalue weighted by Gasteiger charge is -2.24. The first-order valence-electron chi connectivity index (χ1n) is 10.3. The molecule has 31 heavy (non-hydrogen) atoms. The number of amides is 2. The van der Waals surface area contributed by atoms with Crippen molar-refractivity contribution in [2.75, 3.05) is 10.2 Å². The van der Waals surface area contributed by atoms with E-state index in [9.17, 15) is 14.0 Å². The summed E-state index contributed by atoms with van der Waals surface area (Å²) < 4.78 is 34.6. The Labute approximate surface area is 181 Å². The molecule has 3 rings (SSSR count). The number of benzene rings is 2.